The van der Waals surface area contributed by atoms with Gasteiger partial charge in [0.25, 0.3) is 0 Å². The average Bonchev–Trinajstić information content (AvgIpc) is 2.86. The molecule has 4 unspecified atom stereocenters. The molecular formula is C27H34N4O7. The fraction of sp³-hybridized carbons (Fsp3) is 0.370. The summed E-state index contributed by atoms with van der Waals surface area (Å²) in [4.78, 5) is 61.8. The molecule has 0 aliphatic carbocycles. The third kappa shape index (κ3) is 9.66. The van der Waals surface area contributed by atoms with Crippen LogP contribution in [-0.2, 0) is 36.8 Å². The largest absolute Gasteiger partial charge is 0.481 e. The van der Waals surface area contributed by atoms with Crippen molar-refractivity contribution in [3.05, 3.63) is 71.8 Å². The van der Waals surface area contributed by atoms with Crippen LogP contribution in [0.5, 0.6) is 0 Å². The summed E-state index contributed by atoms with van der Waals surface area (Å²) in [5.74, 6) is -5.48. The van der Waals surface area contributed by atoms with Crippen LogP contribution in [0.1, 0.15) is 31.4 Å². The molecule has 0 aliphatic rings. The highest BCUT2D eigenvalue weighted by Gasteiger charge is 2.32. The molecule has 2 rings (SSSR count). The molecule has 0 saturated carbocycles. The zero-order chi connectivity index (χ0) is 28.2. The lowest BCUT2D eigenvalue weighted by molar-refractivity contribution is -0.143. The summed E-state index contributed by atoms with van der Waals surface area (Å²) < 4.78 is 0. The van der Waals surface area contributed by atoms with Crippen molar-refractivity contribution >= 4 is 29.7 Å². The first-order valence-corrected chi connectivity index (χ1v) is 12.2. The predicted molar refractivity (Wildman–Crippen MR) is 139 cm³/mol. The maximum Gasteiger partial charge on any atom is 0.326 e. The Labute approximate surface area is 220 Å². The van der Waals surface area contributed by atoms with Gasteiger partial charge in [-0.15, -0.1) is 0 Å². The number of carboxylic acids is 2. The van der Waals surface area contributed by atoms with Crippen LogP contribution in [0.2, 0.25) is 0 Å². The molecule has 0 spiro atoms. The zero-order valence-electron chi connectivity index (χ0n) is 21.3. The van der Waals surface area contributed by atoms with Gasteiger partial charge in [-0.1, -0.05) is 74.5 Å². The Morgan fingerprint density at radius 1 is 0.711 bits per heavy atom. The number of amides is 3. The Morgan fingerprint density at radius 3 is 1.68 bits per heavy atom. The molecule has 2 aromatic rings. The summed E-state index contributed by atoms with van der Waals surface area (Å²) in [6.07, 6.45) is -0.595. The van der Waals surface area contributed by atoms with Crippen molar-refractivity contribution in [3.8, 4) is 0 Å². The van der Waals surface area contributed by atoms with Crippen molar-refractivity contribution in [1.29, 1.82) is 0 Å². The molecule has 11 heteroatoms. The summed E-state index contributed by atoms with van der Waals surface area (Å²) in [7, 11) is 0. The van der Waals surface area contributed by atoms with E-state index in [2.05, 4.69) is 16.0 Å². The van der Waals surface area contributed by atoms with Gasteiger partial charge < -0.3 is 31.9 Å². The highest BCUT2D eigenvalue weighted by atomic mass is 16.4. The number of carbonyl (C=O) groups excluding carboxylic acids is 3. The Hall–Kier alpha value is -4.25. The van der Waals surface area contributed by atoms with Crippen LogP contribution in [0, 0.1) is 5.92 Å². The van der Waals surface area contributed by atoms with E-state index in [-0.39, 0.29) is 12.8 Å². The maximum absolute atomic E-state index is 13.1. The first kappa shape index (κ1) is 30.0. The first-order valence-electron chi connectivity index (χ1n) is 12.2. The van der Waals surface area contributed by atoms with Crippen LogP contribution in [-0.4, -0.2) is 64.0 Å². The van der Waals surface area contributed by atoms with Gasteiger partial charge in [0.05, 0.1) is 12.5 Å². The van der Waals surface area contributed by atoms with Gasteiger partial charge in [0.15, 0.2) is 0 Å². The second-order valence-corrected chi connectivity index (χ2v) is 9.27. The zero-order valence-corrected chi connectivity index (χ0v) is 21.3. The van der Waals surface area contributed by atoms with Crippen molar-refractivity contribution in [3.63, 3.8) is 0 Å². The summed E-state index contributed by atoms with van der Waals surface area (Å²) in [6, 6.07) is 12.7. The van der Waals surface area contributed by atoms with Gasteiger partial charge in [-0.2, -0.15) is 0 Å². The number of nitrogens with two attached hydrogens (primary N) is 1. The number of hydrogen-bond donors (Lipinski definition) is 6. The van der Waals surface area contributed by atoms with E-state index in [4.69, 9.17) is 5.73 Å². The van der Waals surface area contributed by atoms with Gasteiger partial charge in [-0.3, -0.25) is 19.2 Å². The highest BCUT2D eigenvalue weighted by molar-refractivity contribution is 5.95. The van der Waals surface area contributed by atoms with Crippen molar-refractivity contribution in [2.75, 3.05) is 0 Å². The number of rotatable bonds is 14. The summed E-state index contributed by atoms with van der Waals surface area (Å²) in [5, 5.41) is 26.1. The Morgan fingerprint density at radius 2 is 1.21 bits per heavy atom. The average molecular weight is 527 g/mol. The van der Waals surface area contributed by atoms with Crippen LogP contribution in [0.4, 0.5) is 0 Å². The molecule has 0 aliphatic heterocycles. The Bertz CT molecular complexity index is 1110. The number of nitrogens with one attached hydrogen (secondary N) is 3. The van der Waals surface area contributed by atoms with E-state index in [9.17, 15) is 34.2 Å². The number of aliphatic carboxylic acids is 2. The van der Waals surface area contributed by atoms with E-state index < -0.39 is 66.2 Å². The summed E-state index contributed by atoms with van der Waals surface area (Å²) in [5.41, 5.74) is 7.50. The van der Waals surface area contributed by atoms with Crippen molar-refractivity contribution in [2.45, 2.75) is 57.3 Å². The summed E-state index contributed by atoms with van der Waals surface area (Å²) >= 11 is 0. The molecule has 7 N–H and O–H groups in total. The lowest BCUT2D eigenvalue weighted by Crippen LogP contribution is -2.59. The number of carboxylic acid groups (broad SMARTS) is 2. The molecule has 3 amide bonds. The first-order chi connectivity index (χ1) is 18.0. The minimum atomic E-state index is -1.58. The molecule has 4 atom stereocenters. The molecule has 38 heavy (non-hydrogen) atoms. The van der Waals surface area contributed by atoms with E-state index in [1.54, 1.807) is 44.2 Å². The standard InChI is InChI=1S/C27H34N4O7/c1-16(2)23(31-24(34)19(28)13-17-9-5-3-6-10-17)26(36)29-20(15-22(32)33)25(35)30-21(27(37)38)14-18-11-7-4-8-12-18/h3-12,16,19-21,23H,13-15,28H2,1-2H3,(H,29,36)(H,30,35)(H,31,34)(H,32,33)(H,37,38). The molecule has 0 heterocycles. The Balaban J connectivity index is 2.10. The van der Waals surface area contributed by atoms with Gasteiger partial charge in [-0.25, -0.2) is 4.79 Å². The number of benzene rings is 2. The van der Waals surface area contributed by atoms with Crippen LogP contribution >= 0.6 is 0 Å². The maximum atomic E-state index is 13.1. The third-order valence-electron chi connectivity index (χ3n) is 5.79. The van der Waals surface area contributed by atoms with E-state index in [1.807, 2.05) is 30.3 Å². The molecule has 0 radical (unpaired) electrons. The second-order valence-electron chi connectivity index (χ2n) is 9.27. The van der Waals surface area contributed by atoms with E-state index in [1.165, 1.54) is 0 Å². The number of hydrogen-bond acceptors (Lipinski definition) is 6. The third-order valence-corrected chi connectivity index (χ3v) is 5.79. The minimum Gasteiger partial charge on any atom is -0.481 e. The van der Waals surface area contributed by atoms with Gasteiger partial charge in [0.1, 0.15) is 18.1 Å². The van der Waals surface area contributed by atoms with Crippen molar-refractivity contribution < 1.29 is 34.2 Å². The van der Waals surface area contributed by atoms with E-state index in [0.29, 0.717) is 5.56 Å². The van der Waals surface area contributed by atoms with E-state index >= 15 is 0 Å². The molecule has 2 aromatic carbocycles. The van der Waals surface area contributed by atoms with Crippen molar-refractivity contribution in [2.24, 2.45) is 11.7 Å². The molecule has 0 saturated heterocycles. The predicted octanol–water partition coefficient (Wildman–Crippen LogP) is 0.469. The monoisotopic (exact) mass is 526 g/mol. The van der Waals surface area contributed by atoms with Crippen LogP contribution in [0.25, 0.3) is 0 Å². The fourth-order valence-corrected chi connectivity index (χ4v) is 3.72. The molecular weight excluding hydrogens is 492 g/mol. The molecule has 0 aromatic heterocycles. The lowest BCUT2D eigenvalue weighted by atomic mass is 10.0. The summed E-state index contributed by atoms with van der Waals surface area (Å²) in [6.45, 7) is 3.33. The Kier molecular flexibility index (Phi) is 11.4. The topological polar surface area (TPSA) is 188 Å². The van der Waals surface area contributed by atoms with E-state index in [0.717, 1.165) is 5.56 Å². The molecule has 11 nitrogen and oxygen atoms in total. The molecule has 0 bridgehead atoms. The van der Waals surface area contributed by atoms with Crippen LogP contribution in [0.3, 0.4) is 0 Å². The normalized spacial score (nSPS) is 14.0. The van der Waals surface area contributed by atoms with Gasteiger partial charge >= 0.3 is 11.9 Å². The fourth-order valence-electron chi connectivity index (χ4n) is 3.72. The van der Waals surface area contributed by atoms with Gasteiger partial charge in [0.2, 0.25) is 17.7 Å². The molecule has 204 valence electrons. The van der Waals surface area contributed by atoms with Gasteiger partial charge in [0, 0.05) is 6.42 Å². The second kappa shape index (κ2) is 14.5. The van der Waals surface area contributed by atoms with Crippen LogP contribution in [0.15, 0.2) is 60.7 Å². The SMILES string of the molecule is CC(C)C(NC(=O)C(N)Cc1ccccc1)C(=O)NC(CC(=O)O)C(=O)NC(Cc1ccccc1)C(=O)O. The molecule has 0 fully saturated rings. The smallest absolute Gasteiger partial charge is 0.326 e. The van der Waals surface area contributed by atoms with Crippen LogP contribution < -0.4 is 21.7 Å². The highest BCUT2D eigenvalue weighted by Crippen LogP contribution is 2.08. The minimum absolute atomic E-state index is 0.0420. The lowest BCUT2D eigenvalue weighted by Gasteiger charge is -2.26. The number of carbonyl (C=O) groups is 5. The quantitative estimate of drug-likeness (QED) is 0.205. The van der Waals surface area contributed by atoms with Crippen molar-refractivity contribution in [1.82, 2.24) is 16.0 Å². The van der Waals surface area contributed by atoms with Gasteiger partial charge in [-0.05, 0) is 23.5 Å².